The van der Waals surface area contributed by atoms with Gasteiger partial charge in [0.15, 0.2) is 0 Å². The lowest BCUT2D eigenvalue weighted by atomic mass is 9.47. The van der Waals surface area contributed by atoms with Crippen molar-refractivity contribution in [3.63, 3.8) is 0 Å². The van der Waals surface area contributed by atoms with E-state index in [4.69, 9.17) is 0 Å². The van der Waals surface area contributed by atoms with Crippen molar-refractivity contribution in [2.75, 3.05) is 4.90 Å². The molecule has 0 N–H and O–H groups in total. The molecule has 2 aromatic rings. The van der Waals surface area contributed by atoms with Crippen LogP contribution in [0.5, 0.6) is 0 Å². The third-order valence-corrected chi connectivity index (χ3v) is 8.92. The van der Waals surface area contributed by atoms with Crippen molar-refractivity contribution in [3.05, 3.63) is 46.5 Å². The normalized spacial score (nSPS) is 40.9. The summed E-state index contributed by atoms with van der Waals surface area (Å²) in [5.41, 5.74) is 4.71. The number of hydrogen-bond donors (Lipinski definition) is 0. The van der Waals surface area contributed by atoms with E-state index in [2.05, 4.69) is 53.6 Å². The fourth-order valence-electron chi connectivity index (χ4n) is 7.40. The number of para-hydroxylation sites is 1. The summed E-state index contributed by atoms with van der Waals surface area (Å²) in [5, 5.41) is 0. The number of aryl methyl sites for hydroxylation is 1. The molecule has 0 unspecified atom stereocenters. The average molecular weight is 351 g/mol. The predicted octanol–water partition coefficient (Wildman–Crippen LogP) is 5.68. The first-order chi connectivity index (χ1) is 12.2. The maximum Gasteiger partial charge on any atom is 0.0744 e. The molecule has 4 saturated carbocycles. The summed E-state index contributed by atoms with van der Waals surface area (Å²) in [6, 6.07) is 9.52. The second kappa shape index (κ2) is 4.88. The zero-order valence-corrected chi connectivity index (χ0v) is 15.9. The molecule has 4 aliphatic carbocycles. The van der Waals surface area contributed by atoms with Gasteiger partial charge in [0.05, 0.1) is 16.5 Å². The summed E-state index contributed by atoms with van der Waals surface area (Å²) < 4.78 is 4.67. The molecule has 0 radical (unpaired) electrons. The highest BCUT2D eigenvalue weighted by atomic mass is 32.1. The molecule has 1 spiro atoms. The largest absolute Gasteiger partial charge is 0.353 e. The Kier molecular flexibility index (Phi) is 2.88. The van der Waals surface area contributed by atoms with Gasteiger partial charge in [0, 0.05) is 17.4 Å². The summed E-state index contributed by atoms with van der Waals surface area (Å²) in [6.45, 7) is 4.71. The van der Waals surface area contributed by atoms with E-state index in [1.165, 1.54) is 48.2 Å². The van der Waals surface area contributed by atoms with E-state index < -0.39 is 0 Å². The summed E-state index contributed by atoms with van der Waals surface area (Å²) in [5.74, 6) is 3.64. The van der Waals surface area contributed by atoms with Gasteiger partial charge in [-0.05, 0) is 92.8 Å². The lowest BCUT2D eigenvalue weighted by Gasteiger charge is -2.64. The molecule has 25 heavy (non-hydrogen) atoms. The van der Waals surface area contributed by atoms with Crippen LogP contribution in [0.15, 0.2) is 30.5 Å². The van der Waals surface area contributed by atoms with Crippen LogP contribution in [0.1, 0.15) is 61.1 Å². The molecule has 0 amide bonds. The minimum atomic E-state index is 0.223. The minimum absolute atomic E-state index is 0.223. The van der Waals surface area contributed by atoms with E-state index in [1.54, 1.807) is 17.1 Å². The van der Waals surface area contributed by atoms with Gasteiger partial charge in [-0.15, -0.1) is 0 Å². The molecule has 0 saturated heterocycles. The van der Waals surface area contributed by atoms with E-state index in [9.17, 15) is 0 Å². The van der Waals surface area contributed by atoms with Crippen molar-refractivity contribution in [1.82, 2.24) is 4.37 Å². The fraction of sp³-hybridized carbons (Fsp3) is 0.591. The van der Waals surface area contributed by atoms with Crippen molar-refractivity contribution in [3.8, 4) is 0 Å². The van der Waals surface area contributed by atoms with Crippen LogP contribution in [-0.2, 0) is 5.54 Å². The lowest BCUT2D eigenvalue weighted by Crippen LogP contribution is -2.62. The van der Waals surface area contributed by atoms with Gasteiger partial charge in [-0.25, -0.2) is 4.37 Å². The second-order valence-corrected chi connectivity index (χ2v) is 9.90. The molecule has 5 aliphatic rings. The van der Waals surface area contributed by atoms with Crippen LogP contribution >= 0.6 is 11.5 Å². The molecule has 7 rings (SSSR count). The Bertz CT molecular complexity index is 810. The average Bonchev–Trinajstić information content (AvgIpc) is 3.15. The Morgan fingerprint density at radius 3 is 2.40 bits per heavy atom. The molecule has 1 aromatic carbocycles. The molecule has 1 atom stereocenters. The molecule has 2 nitrogen and oxygen atoms in total. The SMILES string of the molecule is Cc1ccccc1N1[C@@H](C)c2sncc2C12C1CC3CC(C1)CC2C3. The maximum atomic E-state index is 4.67. The van der Waals surface area contributed by atoms with Gasteiger partial charge >= 0.3 is 0 Å². The first kappa shape index (κ1) is 14.8. The predicted molar refractivity (Wildman–Crippen MR) is 103 cm³/mol. The Hall–Kier alpha value is -1.35. The lowest BCUT2D eigenvalue weighted by molar-refractivity contribution is -0.0603. The van der Waals surface area contributed by atoms with Crippen LogP contribution in [-0.4, -0.2) is 4.37 Å². The van der Waals surface area contributed by atoms with Gasteiger partial charge in [0.1, 0.15) is 0 Å². The molecule has 130 valence electrons. The molecule has 2 heterocycles. The van der Waals surface area contributed by atoms with Crippen LogP contribution in [0, 0.1) is 30.6 Å². The van der Waals surface area contributed by atoms with Gasteiger partial charge in [-0.2, -0.15) is 0 Å². The smallest absolute Gasteiger partial charge is 0.0744 e. The number of hydrogen-bond acceptors (Lipinski definition) is 3. The Morgan fingerprint density at radius 1 is 1.04 bits per heavy atom. The summed E-state index contributed by atoms with van der Waals surface area (Å²) in [7, 11) is 0. The maximum absolute atomic E-state index is 4.67. The van der Waals surface area contributed by atoms with Gasteiger partial charge in [0.25, 0.3) is 0 Å². The van der Waals surface area contributed by atoms with E-state index in [1.807, 2.05) is 0 Å². The molecule has 1 aromatic heterocycles. The Morgan fingerprint density at radius 2 is 1.72 bits per heavy atom. The van der Waals surface area contributed by atoms with Crippen molar-refractivity contribution in [1.29, 1.82) is 0 Å². The number of benzene rings is 1. The number of aromatic nitrogens is 1. The van der Waals surface area contributed by atoms with Crippen LogP contribution < -0.4 is 4.90 Å². The molecular weight excluding hydrogens is 324 g/mol. The van der Waals surface area contributed by atoms with Crippen LogP contribution in [0.2, 0.25) is 0 Å². The zero-order valence-electron chi connectivity index (χ0n) is 15.1. The first-order valence-electron chi connectivity index (χ1n) is 9.99. The standard InChI is InChI=1S/C22H26N2S/c1-13-5-3-4-6-20(13)24-14(2)21-19(12-23-25-21)22(24)17-8-15-7-16(10-17)11-18(22)9-15/h3-6,12,14-18H,7-11H2,1-2H3/t14-,15?,16?,17?,18?,22?/m0/s1. The third kappa shape index (κ3) is 1.69. The van der Waals surface area contributed by atoms with Crippen molar-refractivity contribution >= 4 is 17.2 Å². The van der Waals surface area contributed by atoms with Gasteiger partial charge in [-0.3, -0.25) is 0 Å². The summed E-state index contributed by atoms with van der Waals surface area (Å²) in [4.78, 5) is 4.40. The van der Waals surface area contributed by atoms with Crippen LogP contribution in [0.4, 0.5) is 5.69 Å². The van der Waals surface area contributed by atoms with E-state index >= 15 is 0 Å². The minimum Gasteiger partial charge on any atom is -0.353 e. The van der Waals surface area contributed by atoms with Crippen LogP contribution in [0.3, 0.4) is 0 Å². The molecule has 1 aliphatic heterocycles. The van der Waals surface area contributed by atoms with Crippen molar-refractivity contribution in [2.45, 2.75) is 57.5 Å². The molecule has 3 heteroatoms. The zero-order chi connectivity index (χ0) is 16.8. The number of fused-ring (bicyclic) bond motifs is 1. The fourth-order valence-corrected chi connectivity index (χ4v) is 8.24. The Labute approximate surface area is 154 Å². The van der Waals surface area contributed by atoms with Crippen LogP contribution in [0.25, 0.3) is 0 Å². The molecular formula is C22H26N2S. The second-order valence-electron chi connectivity index (χ2n) is 9.07. The molecule has 4 bridgehead atoms. The van der Waals surface area contributed by atoms with Crippen molar-refractivity contribution < 1.29 is 0 Å². The quantitative estimate of drug-likeness (QED) is 0.657. The number of anilines is 1. The molecule has 4 fully saturated rings. The number of rotatable bonds is 1. The summed E-state index contributed by atoms with van der Waals surface area (Å²) >= 11 is 1.75. The highest BCUT2D eigenvalue weighted by Gasteiger charge is 2.65. The first-order valence-corrected chi connectivity index (χ1v) is 10.8. The van der Waals surface area contributed by atoms with Gasteiger partial charge in [0.2, 0.25) is 0 Å². The van der Waals surface area contributed by atoms with Gasteiger partial charge in [-0.1, -0.05) is 18.2 Å². The van der Waals surface area contributed by atoms with E-state index in [0.717, 1.165) is 23.7 Å². The van der Waals surface area contributed by atoms with E-state index in [-0.39, 0.29) is 5.54 Å². The van der Waals surface area contributed by atoms with E-state index in [0.29, 0.717) is 6.04 Å². The number of nitrogens with zero attached hydrogens (tertiary/aromatic N) is 2. The topological polar surface area (TPSA) is 16.1 Å². The van der Waals surface area contributed by atoms with Gasteiger partial charge < -0.3 is 4.90 Å². The van der Waals surface area contributed by atoms with Crippen molar-refractivity contribution in [2.24, 2.45) is 23.7 Å². The third-order valence-electron chi connectivity index (χ3n) is 7.95. The Balaban J connectivity index is 1.61. The highest BCUT2D eigenvalue weighted by molar-refractivity contribution is 7.06. The highest BCUT2D eigenvalue weighted by Crippen LogP contribution is 2.69. The summed E-state index contributed by atoms with van der Waals surface area (Å²) in [6.07, 6.45) is 9.53. The monoisotopic (exact) mass is 350 g/mol.